The maximum Gasteiger partial charge on any atom is 0.226 e. The number of hydrogen-bond acceptors (Lipinski definition) is 15. The maximum atomic E-state index is 13.1. The molecule has 1 aromatic carbocycles. The Bertz CT molecular complexity index is 2420. The molecule has 304 valence electrons. The molecule has 3 aliphatic heterocycles. The van der Waals surface area contributed by atoms with Gasteiger partial charge < -0.3 is 40.3 Å². The second-order valence-corrected chi connectivity index (χ2v) is 18.0. The number of aliphatic hydroxyl groups excluding tert-OH is 4. The Morgan fingerprint density at radius 3 is 1.95 bits per heavy atom. The molecule has 7 heterocycles. The van der Waals surface area contributed by atoms with E-state index in [4.69, 9.17) is 16.3 Å². The molecule has 58 heavy (non-hydrogen) atoms. The van der Waals surface area contributed by atoms with Crippen LogP contribution in [0.3, 0.4) is 0 Å². The highest BCUT2D eigenvalue weighted by Gasteiger charge is 2.39. The summed E-state index contributed by atoms with van der Waals surface area (Å²) in [6.45, 7) is 4.02. The first kappa shape index (κ1) is 39.1. The van der Waals surface area contributed by atoms with Crippen LogP contribution in [0, 0.1) is 11.8 Å². The molecule has 4 aromatic heterocycles. The predicted molar refractivity (Wildman–Crippen MR) is 220 cm³/mol. The summed E-state index contributed by atoms with van der Waals surface area (Å²) >= 11 is 9.38. The molecule has 18 heteroatoms. The number of amides is 2. The molecule has 5 aliphatic rings. The SMILES string of the molecule is CCOc1cc2c(cc1Nc1ncnc3sc4c(c13)CC[C@H](C(=O)N1C[C@H](O)[C@@H](O)C1)C4)C=NC2.O=C([C@H]1CCc2c(sc3ncnc(Cl)c23)C1)N1C[C@H](O)[C@@H](O)C1. The molecule has 0 radical (unpaired) electrons. The number of nitrogens with zero attached hydrogens (tertiary/aromatic N) is 7. The summed E-state index contributed by atoms with van der Waals surface area (Å²) in [7, 11) is 0. The molecule has 2 saturated heterocycles. The molecule has 6 atom stereocenters. The lowest BCUT2D eigenvalue weighted by Gasteiger charge is -2.26. The molecule has 0 spiro atoms. The van der Waals surface area contributed by atoms with Crippen LogP contribution in [0.2, 0.25) is 5.15 Å². The third-order valence-corrected chi connectivity index (χ3v) is 14.4. The van der Waals surface area contributed by atoms with Crippen LogP contribution in [-0.4, -0.2) is 125 Å². The van der Waals surface area contributed by atoms with Gasteiger partial charge in [-0.25, -0.2) is 19.9 Å². The Kier molecular flexibility index (Phi) is 10.8. The second-order valence-electron chi connectivity index (χ2n) is 15.5. The topological polar surface area (TPSA) is 207 Å². The molecular weight excluding hydrogens is 804 g/mol. The standard InChI is InChI=1S/C25H27N5O4S.C15H16ClN3O3S/c1-2-34-20-6-15-9-26-8-14(15)5-17(20)29-23-22-16-4-3-13(7-21(16)35-24(22)28-12-27-23)25(33)30-10-18(31)19(32)11-30;16-13-12-8-2-1-7(3-11(8)23-14(12)18-6-17-13)15(22)19-4-9(20)10(21)5-19/h5-6,8,12-13,18-19,31-32H,2-4,7,9-11H2,1H3,(H,27,28,29);6-7,9-10,20-21H,1-5H2/t13-,18-,19-;7-,9-,10-/m00/s1. The van der Waals surface area contributed by atoms with Gasteiger partial charge in [0, 0.05) is 54.0 Å². The number of hydrogen-bond donors (Lipinski definition) is 5. The van der Waals surface area contributed by atoms with Crippen molar-refractivity contribution in [2.75, 3.05) is 38.1 Å². The number of likely N-dealkylation sites (tertiary alicyclic amines) is 2. The number of rotatable bonds is 6. The second kappa shape index (κ2) is 16.0. The molecule has 0 unspecified atom stereocenters. The van der Waals surface area contributed by atoms with Crippen molar-refractivity contribution < 1.29 is 34.8 Å². The van der Waals surface area contributed by atoms with Crippen LogP contribution in [0.4, 0.5) is 11.5 Å². The fourth-order valence-corrected chi connectivity index (χ4v) is 11.6. The first-order valence-electron chi connectivity index (χ1n) is 19.6. The van der Waals surface area contributed by atoms with Crippen LogP contribution in [0.1, 0.15) is 51.8 Å². The van der Waals surface area contributed by atoms with Crippen molar-refractivity contribution in [1.82, 2.24) is 29.7 Å². The van der Waals surface area contributed by atoms with E-state index < -0.39 is 24.4 Å². The molecular formula is C40H43ClN8O7S2. The van der Waals surface area contributed by atoms with Crippen molar-refractivity contribution in [3.63, 3.8) is 0 Å². The summed E-state index contributed by atoms with van der Waals surface area (Å²) in [5, 5.41) is 44.8. The van der Waals surface area contributed by atoms with Gasteiger partial charge in [-0.3, -0.25) is 14.6 Å². The Morgan fingerprint density at radius 1 is 0.810 bits per heavy atom. The van der Waals surface area contributed by atoms with Gasteiger partial charge in [-0.15, -0.1) is 22.7 Å². The normalized spacial score (nSPS) is 24.7. The van der Waals surface area contributed by atoms with Gasteiger partial charge in [-0.1, -0.05) is 11.6 Å². The van der Waals surface area contributed by atoms with Crippen molar-refractivity contribution >= 4 is 84.2 Å². The summed E-state index contributed by atoms with van der Waals surface area (Å²) in [5.74, 6) is 1.26. The van der Waals surface area contributed by atoms with E-state index in [1.165, 1.54) is 17.5 Å². The van der Waals surface area contributed by atoms with E-state index in [-0.39, 0.29) is 49.8 Å². The summed E-state index contributed by atoms with van der Waals surface area (Å²) in [6.07, 6.45) is 5.79. The number of carbonyl (C=O) groups is 2. The zero-order valence-electron chi connectivity index (χ0n) is 31.7. The number of thiophene rings is 2. The Balaban J connectivity index is 0.000000164. The molecule has 5 N–H and O–H groups in total. The minimum absolute atomic E-state index is 0.00861. The van der Waals surface area contributed by atoms with Gasteiger partial charge in [0.05, 0.1) is 54.0 Å². The highest BCUT2D eigenvalue weighted by molar-refractivity contribution is 7.19. The van der Waals surface area contributed by atoms with Crippen LogP contribution < -0.4 is 10.1 Å². The average molecular weight is 847 g/mol. The van der Waals surface area contributed by atoms with Crippen LogP contribution >= 0.6 is 34.3 Å². The van der Waals surface area contributed by atoms with Crippen molar-refractivity contribution in [2.45, 2.75) is 76.4 Å². The molecule has 0 bridgehead atoms. The van der Waals surface area contributed by atoms with Gasteiger partial charge in [0.1, 0.15) is 39.0 Å². The number of fused-ring (bicyclic) bond motifs is 7. The van der Waals surface area contributed by atoms with Crippen LogP contribution in [0.5, 0.6) is 5.75 Å². The lowest BCUT2D eigenvalue weighted by molar-refractivity contribution is -0.136. The first-order valence-corrected chi connectivity index (χ1v) is 21.6. The number of aliphatic hydroxyl groups is 4. The van der Waals surface area contributed by atoms with E-state index in [0.29, 0.717) is 37.6 Å². The minimum Gasteiger partial charge on any atom is -0.492 e. The number of aromatic nitrogens is 4. The van der Waals surface area contributed by atoms with Crippen LogP contribution in [0.25, 0.3) is 20.4 Å². The minimum atomic E-state index is -0.863. The Labute approximate surface area is 346 Å². The number of aliphatic imine (C=N–C) groups is 1. The van der Waals surface area contributed by atoms with Gasteiger partial charge in [-0.05, 0) is 79.8 Å². The molecule has 5 aromatic rings. The van der Waals surface area contributed by atoms with Crippen LogP contribution in [0.15, 0.2) is 29.8 Å². The van der Waals surface area contributed by atoms with E-state index in [1.54, 1.807) is 38.8 Å². The molecule has 2 aliphatic carbocycles. The van der Waals surface area contributed by atoms with Crippen molar-refractivity contribution in [3.8, 4) is 5.75 Å². The monoisotopic (exact) mass is 846 g/mol. The number of carbonyl (C=O) groups excluding carboxylic acids is 2. The Hall–Kier alpha value is -4.36. The highest BCUT2D eigenvalue weighted by Crippen LogP contribution is 2.43. The predicted octanol–water partition coefficient (Wildman–Crippen LogP) is 3.45. The number of β-amino-alcohol motifs (C(OH)–C–C–N with tert-alkyl or cyclic N) is 4. The molecule has 15 nitrogen and oxygen atoms in total. The van der Waals surface area contributed by atoms with Gasteiger partial charge in [0.25, 0.3) is 0 Å². The molecule has 2 amide bonds. The number of nitrogens with one attached hydrogen (secondary N) is 1. The van der Waals surface area contributed by atoms with Crippen molar-refractivity contribution in [3.05, 3.63) is 61.9 Å². The van der Waals surface area contributed by atoms with E-state index >= 15 is 0 Å². The fourth-order valence-electron chi connectivity index (χ4n) is 8.75. The highest BCUT2D eigenvalue weighted by atomic mass is 35.5. The van der Waals surface area contributed by atoms with E-state index in [2.05, 4.69) is 36.3 Å². The smallest absolute Gasteiger partial charge is 0.226 e. The lowest BCUT2D eigenvalue weighted by atomic mass is 9.87. The van der Waals surface area contributed by atoms with Gasteiger partial charge in [0.2, 0.25) is 11.8 Å². The number of anilines is 2. The Morgan fingerprint density at radius 2 is 1.36 bits per heavy atom. The third-order valence-electron chi connectivity index (χ3n) is 11.8. The van der Waals surface area contributed by atoms with Gasteiger partial charge in [-0.2, -0.15) is 0 Å². The summed E-state index contributed by atoms with van der Waals surface area (Å²) < 4.78 is 5.91. The first-order chi connectivity index (χ1) is 28.1. The summed E-state index contributed by atoms with van der Waals surface area (Å²) in [5.41, 5.74) is 5.43. The molecule has 0 saturated carbocycles. The van der Waals surface area contributed by atoms with E-state index in [0.717, 1.165) is 77.8 Å². The zero-order valence-corrected chi connectivity index (χ0v) is 34.1. The van der Waals surface area contributed by atoms with Crippen molar-refractivity contribution in [2.24, 2.45) is 16.8 Å². The fraction of sp³-hybridized carbons (Fsp3) is 0.475. The van der Waals surface area contributed by atoms with E-state index in [1.807, 2.05) is 19.2 Å². The summed E-state index contributed by atoms with van der Waals surface area (Å²) in [6, 6.07) is 4.09. The lowest BCUT2D eigenvalue weighted by Crippen LogP contribution is -2.37. The maximum absolute atomic E-state index is 13.1. The number of ether oxygens (including phenoxy) is 1. The van der Waals surface area contributed by atoms with Crippen LogP contribution in [-0.2, 0) is 41.8 Å². The molecule has 10 rings (SSSR count). The zero-order chi connectivity index (χ0) is 40.2. The van der Waals surface area contributed by atoms with Gasteiger partial charge in [0.15, 0.2) is 0 Å². The third kappa shape index (κ3) is 7.31. The van der Waals surface area contributed by atoms with E-state index in [9.17, 15) is 30.0 Å². The molecule has 2 fully saturated rings. The number of halogens is 1. The largest absolute Gasteiger partial charge is 0.492 e. The quantitative estimate of drug-likeness (QED) is 0.156. The van der Waals surface area contributed by atoms with Crippen molar-refractivity contribution in [1.29, 1.82) is 0 Å². The number of benzene rings is 1. The average Bonchev–Trinajstić information content (AvgIpc) is 4.05. The number of aryl methyl sites for hydroxylation is 2. The summed E-state index contributed by atoms with van der Waals surface area (Å²) in [4.78, 5) is 54.7. The van der Waals surface area contributed by atoms with Gasteiger partial charge >= 0.3 is 0 Å².